The first-order valence-corrected chi connectivity index (χ1v) is 3.13. The summed E-state index contributed by atoms with van der Waals surface area (Å²) in [5.74, 6) is -3.09. The molecule has 66 valence electrons. The van der Waals surface area contributed by atoms with Crippen molar-refractivity contribution in [2.75, 3.05) is 6.61 Å². The Bertz CT molecular complexity index is 244. The average molecular weight is 174 g/mol. The van der Waals surface area contributed by atoms with Crippen LogP contribution in [0.4, 0.5) is 0 Å². The van der Waals surface area contributed by atoms with Crippen molar-refractivity contribution in [2.24, 2.45) is 0 Å². The number of aliphatic hydroxyl groups is 2. The molecule has 2 N–H and O–H groups in total. The number of esters is 1. The Balaban J connectivity index is 2.78. The molecule has 0 aromatic carbocycles. The summed E-state index contributed by atoms with van der Waals surface area (Å²) in [5, 5.41) is 17.0. The number of hydrogen-bond donors (Lipinski definition) is 2. The molecule has 0 aromatic rings. The summed E-state index contributed by atoms with van der Waals surface area (Å²) in [6, 6.07) is 0. The summed E-state index contributed by atoms with van der Waals surface area (Å²) in [6.07, 6.45) is -3.51. The number of ether oxygens (including phenoxy) is 1. The minimum absolute atomic E-state index is 0.892. The zero-order valence-corrected chi connectivity index (χ0v) is 5.89. The Kier molecular flexibility index (Phi) is 2.20. The van der Waals surface area contributed by atoms with Crippen LogP contribution in [0.25, 0.3) is 0 Å². The smallest absolute Gasteiger partial charge is 0.344 e. The van der Waals surface area contributed by atoms with E-state index >= 15 is 0 Å². The molecule has 1 rings (SSSR count). The van der Waals surface area contributed by atoms with Crippen LogP contribution in [0, 0.1) is 0 Å². The van der Waals surface area contributed by atoms with Gasteiger partial charge in [0.1, 0.15) is 6.61 Å². The molecule has 0 spiro atoms. The van der Waals surface area contributed by atoms with Gasteiger partial charge in [-0.05, 0) is 0 Å². The third-order valence-electron chi connectivity index (χ3n) is 1.43. The highest BCUT2D eigenvalue weighted by Crippen LogP contribution is 2.11. The summed E-state index contributed by atoms with van der Waals surface area (Å²) >= 11 is 0. The number of hydrogen-bond acceptors (Lipinski definition) is 6. The maximum Gasteiger partial charge on any atom is 0.344 e. The molecular formula is C6H6O6. The number of carbonyl (C=O) groups is 3. The minimum Gasteiger partial charge on any atom is -0.444 e. The van der Waals surface area contributed by atoms with Crippen LogP contribution in [-0.4, -0.2) is 46.6 Å². The minimum atomic E-state index is -1.88. The van der Waals surface area contributed by atoms with Gasteiger partial charge in [0.2, 0.25) is 23.8 Å². The molecule has 0 bridgehead atoms. The lowest BCUT2D eigenvalue weighted by Crippen LogP contribution is -2.32. The van der Waals surface area contributed by atoms with Crippen molar-refractivity contribution in [3.8, 4) is 0 Å². The lowest BCUT2D eigenvalue weighted by Gasteiger charge is -2.01. The van der Waals surface area contributed by atoms with E-state index in [0.29, 0.717) is 0 Å². The van der Waals surface area contributed by atoms with E-state index in [2.05, 4.69) is 4.74 Å². The second kappa shape index (κ2) is 3.00. The molecule has 1 saturated heterocycles. The van der Waals surface area contributed by atoms with Crippen LogP contribution in [0.1, 0.15) is 0 Å². The largest absolute Gasteiger partial charge is 0.444 e. The number of cyclic esters (lactones) is 1. The fourth-order valence-electron chi connectivity index (χ4n) is 0.806. The Morgan fingerprint density at radius 1 is 1.50 bits per heavy atom. The molecule has 1 aliphatic heterocycles. The summed E-state index contributed by atoms with van der Waals surface area (Å²) in [4.78, 5) is 31.9. The Morgan fingerprint density at radius 3 is 2.42 bits per heavy atom. The topological polar surface area (TPSA) is 101 Å². The molecule has 12 heavy (non-hydrogen) atoms. The van der Waals surface area contributed by atoms with Gasteiger partial charge in [-0.15, -0.1) is 0 Å². The highest BCUT2D eigenvalue weighted by molar-refractivity contribution is 6.19. The molecule has 0 saturated carbocycles. The molecule has 0 radical (unpaired) electrons. The highest BCUT2D eigenvalue weighted by Gasteiger charge is 2.45. The van der Waals surface area contributed by atoms with Crippen molar-refractivity contribution in [2.45, 2.75) is 12.2 Å². The first kappa shape index (κ1) is 8.82. The van der Waals surface area contributed by atoms with Crippen molar-refractivity contribution in [3.05, 3.63) is 0 Å². The molecule has 1 aliphatic rings. The standard InChI is InChI=1S/C6H6O6/c7-1-2(8)5-3(9)4(10)6(11)12-5/h4-5,7,10H,1H2. The molecule has 0 aliphatic carbocycles. The second-order valence-electron chi connectivity index (χ2n) is 2.25. The number of rotatable bonds is 2. The number of carbonyl (C=O) groups excluding carboxylic acids is 3. The van der Waals surface area contributed by atoms with Gasteiger partial charge >= 0.3 is 5.97 Å². The Hall–Kier alpha value is -1.27. The van der Waals surface area contributed by atoms with Crippen molar-refractivity contribution in [1.82, 2.24) is 0 Å². The van der Waals surface area contributed by atoms with E-state index in [0.717, 1.165) is 0 Å². The fourth-order valence-corrected chi connectivity index (χ4v) is 0.806. The van der Waals surface area contributed by atoms with Gasteiger partial charge in [0.05, 0.1) is 0 Å². The van der Waals surface area contributed by atoms with E-state index in [1.54, 1.807) is 0 Å². The molecule has 0 aromatic heterocycles. The van der Waals surface area contributed by atoms with Crippen LogP contribution >= 0.6 is 0 Å². The SMILES string of the molecule is O=C1OC(C(=O)CO)C(=O)C1O. The van der Waals surface area contributed by atoms with Gasteiger partial charge in [0.25, 0.3) is 0 Å². The van der Waals surface area contributed by atoms with Crippen molar-refractivity contribution < 1.29 is 29.3 Å². The van der Waals surface area contributed by atoms with Gasteiger partial charge < -0.3 is 14.9 Å². The Labute approximate surface area is 66.7 Å². The summed E-state index contributed by atoms with van der Waals surface area (Å²) in [7, 11) is 0. The average Bonchev–Trinajstić information content (AvgIpc) is 2.32. The molecule has 1 fully saturated rings. The highest BCUT2D eigenvalue weighted by atomic mass is 16.6. The lowest BCUT2D eigenvalue weighted by molar-refractivity contribution is -0.152. The molecule has 2 atom stereocenters. The zero-order chi connectivity index (χ0) is 9.30. The number of Topliss-reactive ketones (excluding diaryl/α,β-unsaturated/α-hetero) is 2. The monoisotopic (exact) mass is 174 g/mol. The van der Waals surface area contributed by atoms with Crippen molar-refractivity contribution >= 4 is 17.5 Å². The quantitative estimate of drug-likeness (QED) is 0.351. The van der Waals surface area contributed by atoms with Gasteiger partial charge in [-0.2, -0.15) is 0 Å². The third kappa shape index (κ3) is 1.21. The predicted octanol–water partition coefficient (Wildman–Crippen LogP) is -2.60. The second-order valence-corrected chi connectivity index (χ2v) is 2.25. The maximum atomic E-state index is 10.8. The molecule has 6 heteroatoms. The third-order valence-corrected chi connectivity index (χ3v) is 1.43. The fraction of sp³-hybridized carbons (Fsp3) is 0.500. The molecule has 1 heterocycles. The summed E-state index contributed by atoms with van der Waals surface area (Å²) < 4.78 is 4.19. The summed E-state index contributed by atoms with van der Waals surface area (Å²) in [6.45, 7) is -0.892. The van der Waals surface area contributed by atoms with E-state index in [1.165, 1.54) is 0 Å². The van der Waals surface area contributed by atoms with Crippen LogP contribution in [0.5, 0.6) is 0 Å². The van der Waals surface area contributed by atoms with Crippen LogP contribution < -0.4 is 0 Å². The number of aliphatic hydroxyl groups excluding tert-OH is 2. The van der Waals surface area contributed by atoms with E-state index in [9.17, 15) is 14.4 Å². The van der Waals surface area contributed by atoms with Crippen molar-refractivity contribution in [1.29, 1.82) is 0 Å². The van der Waals surface area contributed by atoms with Crippen molar-refractivity contribution in [3.63, 3.8) is 0 Å². The van der Waals surface area contributed by atoms with E-state index in [4.69, 9.17) is 10.2 Å². The van der Waals surface area contributed by atoms with E-state index in [1.807, 2.05) is 0 Å². The molecule has 0 amide bonds. The lowest BCUT2D eigenvalue weighted by atomic mass is 10.1. The number of ketones is 2. The van der Waals surface area contributed by atoms with Crippen LogP contribution in [0.15, 0.2) is 0 Å². The first-order chi connectivity index (χ1) is 5.57. The van der Waals surface area contributed by atoms with Gasteiger partial charge in [0.15, 0.2) is 0 Å². The van der Waals surface area contributed by atoms with E-state index in [-0.39, 0.29) is 0 Å². The molecule has 2 unspecified atom stereocenters. The Morgan fingerprint density at radius 2 is 2.08 bits per heavy atom. The normalized spacial score (nSPS) is 28.8. The first-order valence-electron chi connectivity index (χ1n) is 3.13. The van der Waals surface area contributed by atoms with Crippen LogP contribution in [-0.2, 0) is 19.1 Å². The van der Waals surface area contributed by atoms with E-state index < -0.39 is 36.4 Å². The van der Waals surface area contributed by atoms with Gasteiger partial charge in [0, 0.05) is 0 Å². The van der Waals surface area contributed by atoms with Crippen LogP contribution in [0.2, 0.25) is 0 Å². The molecular weight excluding hydrogens is 168 g/mol. The maximum absolute atomic E-state index is 10.8. The zero-order valence-electron chi connectivity index (χ0n) is 5.89. The summed E-state index contributed by atoms with van der Waals surface area (Å²) in [5.41, 5.74) is 0. The van der Waals surface area contributed by atoms with Gasteiger partial charge in [-0.1, -0.05) is 0 Å². The van der Waals surface area contributed by atoms with Gasteiger partial charge in [-0.25, -0.2) is 4.79 Å². The van der Waals surface area contributed by atoms with Crippen LogP contribution in [0.3, 0.4) is 0 Å². The predicted molar refractivity (Wildman–Crippen MR) is 33.0 cm³/mol. The van der Waals surface area contributed by atoms with Gasteiger partial charge in [-0.3, -0.25) is 9.59 Å². The molecule has 6 nitrogen and oxygen atoms in total.